The third-order valence-electron chi connectivity index (χ3n) is 13.4. The van der Waals surface area contributed by atoms with E-state index >= 15 is 0 Å². The van der Waals surface area contributed by atoms with Crippen LogP contribution in [-0.4, -0.2) is 24.1 Å². The molecule has 4 aromatic heterocycles. The Hall–Kier alpha value is -8.71. The van der Waals surface area contributed by atoms with Crippen LogP contribution in [0.15, 0.2) is 224 Å². The van der Waals surface area contributed by atoms with Crippen LogP contribution >= 0.6 is 11.3 Å². The first-order valence-corrected chi connectivity index (χ1v) is 23.4. The molecule has 4 heterocycles. The fraction of sp³-hybridized carbons (Fsp3) is 0. The quantitative estimate of drug-likeness (QED) is 0.167. The normalized spacial score (nSPS) is 11.9. The van der Waals surface area contributed by atoms with Gasteiger partial charge in [-0.2, -0.15) is 0 Å². The Morgan fingerprint density at radius 1 is 0.343 bits per heavy atom. The van der Waals surface area contributed by atoms with E-state index in [2.05, 4.69) is 234 Å². The van der Waals surface area contributed by atoms with Crippen LogP contribution in [0.4, 0.5) is 0 Å². The zero-order valence-corrected chi connectivity index (χ0v) is 36.8. The zero-order chi connectivity index (χ0) is 44.0. The molecule has 0 saturated heterocycles. The Morgan fingerprint density at radius 3 is 1.85 bits per heavy atom. The summed E-state index contributed by atoms with van der Waals surface area (Å²) in [5, 5.41) is 9.19. The van der Waals surface area contributed by atoms with Gasteiger partial charge in [-0.3, -0.25) is 4.57 Å². The molecule has 14 aromatic rings. The number of nitrogens with zero attached hydrogens (tertiary/aromatic N) is 5. The molecule has 0 aliphatic rings. The maximum Gasteiger partial charge on any atom is 0.235 e. The molecule has 6 heteroatoms. The second-order valence-electron chi connectivity index (χ2n) is 17.2. The highest BCUT2D eigenvalue weighted by molar-refractivity contribution is 7.21. The van der Waals surface area contributed by atoms with Crippen molar-refractivity contribution in [1.29, 1.82) is 0 Å². The molecule has 0 fully saturated rings. The molecule has 0 N–H and O–H groups in total. The fourth-order valence-corrected chi connectivity index (χ4v) is 11.3. The number of rotatable bonds is 6. The topological polar surface area (TPSA) is 48.5 Å². The summed E-state index contributed by atoms with van der Waals surface area (Å²) in [4.78, 5) is 16.0. The smallest absolute Gasteiger partial charge is 0.235 e. The van der Waals surface area contributed by atoms with Crippen molar-refractivity contribution < 1.29 is 0 Å². The van der Waals surface area contributed by atoms with Crippen molar-refractivity contribution in [3.63, 3.8) is 0 Å². The molecule has 5 nitrogen and oxygen atoms in total. The molecule has 0 saturated carbocycles. The van der Waals surface area contributed by atoms with Crippen LogP contribution in [0.3, 0.4) is 0 Å². The van der Waals surface area contributed by atoms with Crippen molar-refractivity contribution in [2.45, 2.75) is 0 Å². The number of hydrogen-bond donors (Lipinski definition) is 0. The van der Waals surface area contributed by atoms with Gasteiger partial charge in [-0.15, -0.1) is 11.3 Å². The van der Waals surface area contributed by atoms with Crippen molar-refractivity contribution in [1.82, 2.24) is 24.1 Å². The SMILES string of the molecule is c1ccc(-c2nc3cc4c(cc3s2)c2cc(-c3cccc5c6ccccc6n(-c6nc(-c7ccc(-c8cccc9ccccc89)cc7)c7ccccc7n6)c35)ccc2n4-c2ccccc2)cc1. The molecule has 0 aliphatic carbocycles. The number of aromatic nitrogens is 5. The van der Waals surface area contributed by atoms with E-state index < -0.39 is 0 Å². The standard InChI is InChI=1S/C61H37N5S/c1-3-16-41(17-4-1)60-62-53-37-56-51(36-57(53)67-60)50-35-42(33-34-55(50)65(56)43-19-5-2-6-20-43)46-25-14-26-48-47-22-10-12-28-54(47)66(59(46)48)61-63-52-27-11-9-23-49(52)58(64-61)40-31-29-39(30-32-40)45-24-13-18-38-15-7-8-21-44(38)45/h1-37H. The predicted molar refractivity (Wildman–Crippen MR) is 281 cm³/mol. The van der Waals surface area contributed by atoms with Gasteiger partial charge >= 0.3 is 0 Å². The molecule has 14 rings (SSSR count). The lowest BCUT2D eigenvalue weighted by atomic mass is 9.96. The van der Waals surface area contributed by atoms with Crippen LogP contribution in [0.5, 0.6) is 0 Å². The summed E-state index contributed by atoms with van der Waals surface area (Å²) < 4.78 is 5.83. The molecule has 312 valence electrons. The second-order valence-corrected chi connectivity index (χ2v) is 18.2. The molecule has 0 bridgehead atoms. The van der Waals surface area contributed by atoms with E-state index in [1.807, 2.05) is 0 Å². The van der Waals surface area contributed by atoms with E-state index in [0.717, 1.165) is 87.9 Å². The van der Waals surface area contributed by atoms with Gasteiger partial charge in [0.15, 0.2) is 0 Å². The van der Waals surface area contributed by atoms with Crippen LogP contribution in [0.1, 0.15) is 0 Å². The first-order chi connectivity index (χ1) is 33.2. The van der Waals surface area contributed by atoms with Crippen molar-refractivity contribution in [3.05, 3.63) is 224 Å². The van der Waals surface area contributed by atoms with Crippen LogP contribution < -0.4 is 0 Å². The zero-order valence-electron chi connectivity index (χ0n) is 36.0. The predicted octanol–water partition coefficient (Wildman–Crippen LogP) is 16.3. The van der Waals surface area contributed by atoms with E-state index in [-0.39, 0.29) is 0 Å². The monoisotopic (exact) mass is 871 g/mol. The summed E-state index contributed by atoms with van der Waals surface area (Å²) in [5.41, 5.74) is 15.1. The first-order valence-electron chi connectivity index (χ1n) is 22.6. The highest BCUT2D eigenvalue weighted by atomic mass is 32.1. The van der Waals surface area contributed by atoms with Crippen LogP contribution in [0.25, 0.3) is 131 Å². The summed E-state index contributed by atoms with van der Waals surface area (Å²) in [6.45, 7) is 0. The molecule has 0 spiro atoms. The number of hydrogen-bond acceptors (Lipinski definition) is 4. The largest absolute Gasteiger partial charge is 0.309 e. The van der Waals surface area contributed by atoms with Crippen LogP contribution in [-0.2, 0) is 0 Å². The van der Waals surface area contributed by atoms with Gasteiger partial charge in [0.05, 0.1) is 43.5 Å². The lowest BCUT2D eigenvalue weighted by molar-refractivity contribution is 1.01. The van der Waals surface area contributed by atoms with Crippen molar-refractivity contribution in [3.8, 4) is 55.7 Å². The summed E-state index contributed by atoms with van der Waals surface area (Å²) >= 11 is 1.75. The van der Waals surface area contributed by atoms with E-state index in [1.165, 1.54) is 37.4 Å². The van der Waals surface area contributed by atoms with E-state index in [9.17, 15) is 0 Å². The minimum atomic E-state index is 0.633. The highest BCUT2D eigenvalue weighted by Crippen LogP contribution is 2.43. The van der Waals surface area contributed by atoms with Crippen LogP contribution in [0, 0.1) is 0 Å². The molecule has 10 aromatic carbocycles. The lowest BCUT2D eigenvalue weighted by Crippen LogP contribution is -2.04. The Morgan fingerprint density at radius 2 is 0.985 bits per heavy atom. The third-order valence-corrected chi connectivity index (χ3v) is 14.4. The highest BCUT2D eigenvalue weighted by Gasteiger charge is 2.22. The minimum Gasteiger partial charge on any atom is -0.309 e. The molecule has 0 aliphatic heterocycles. The van der Waals surface area contributed by atoms with Crippen molar-refractivity contribution in [2.75, 3.05) is 0 Å². The Labute approximate surface area is 389 Å². The van der Waals surface area contributed by atoms with Crippen molar-refractivity contribution >= 4 is 86.8 Å². The van der Waals surface area contributed by atoms with Gasteiger partial charge in [0.2, 0.25) is 5.95 Å². The van der Waals surface area contributed by atoms with Gasteiger partial charge in [0.25, 0.3) is 0 Å². The van der Waals surface area contributed by atoms with Gasteiger partial charge < -0.3 is 4.57 Å². The van der Waals surface area contributed by atoms with Gasteiger partial charge in [0.1, 0.15) is 5.01 Å². The molecular weight excluding hydrogens is 835 g/mol. The van der Waals surface area contributed by atoms with Crippen molar-refractivity contribution in [2.24, 2.45) is 0 Å². The summed E-state index contributed by atoms with van der Waals surface area (Å²) in [6.07, 6.45) is 0. The summed E-state index contributed by atoms with van der Waals surface area (Å²) in [6, 6.07) is 80.3. The number of thiazole rings is 1. The molecule has 0 radical (unpaired) electrons. The number of benzene rings is 10. The number of fused-ring (bicyclic) bond motifs is 9. The molecule has 0 amide bonds. The van der Waals surface area contributed by atoms with Gasteiger partial charge in [0, 0.05) is 49.3 Å². The van der Waals surface area contributed by atoms with Crippen LogP contribution in [0.2, 0.25) is 0 Å². The Bertz CT molecular complexity index is 4250. The second kappa shape index (κ2) is 14.9. The van der Waals surface area contributed by atoms with Gasteiger partial charge in [-0.25, -0.2) is 15.0 Å². The first kappa shape index (κ1) is 37.6. The van der Waals surface area contributed by atoms with Gasteiger partial charge in [-0.05, 0) is 76.0 Å². The summed E-state index contributed by atoms with van der Waals surface area (Å²) in [7, 11) is 0. The molecular formula is C61H37N5S. The third kappa shape index (κ3) is 5.97. The summed E-state index contributed by atoms with van der Waals surface area (Å²) in [5.74, 6) is 0.633. The molecule has 67 heavy (non-hydrogen) atoms. The fourth-order valence-electron chi connectivity index (χ4n) is 10.3. The van der Waals surface area contributed by atoms with E-state index in [4.69, 9.17) is 15.0 Å². The maximum atomic E-state index is 5.53. The average Bonchev–Trinajstić information content (AvgIpc) is 4.07. The van der Waals surface area contributed by atoms with Gasteiger partial charge in [-0.1, -0.05) is 176 Å². The minimum absolute atomic E-state index is 0.633. The van der Waals surface area contributed by atoms with E-state index in [1.54, 1.807) is 11.3 Å². The number of para-hydroxylation sites is 4. The molecule has 0 atom stereocenters. The lowest BCUT2D eigenvalue weighted by Gasteiger charge is -2.14. The average molecular weight is 872 g/mol. The maximum absolute atomic E-state index is 5.53. The molecule has 0 unspecified atom stereocenters. The van der Waals surface area contributed by atoms with E-state index in [0.29, 0.717) is 5.95 Å². The Kier molecular flexibility index (Phi) is 8.38. The Balaban J connectivity index is 0.976.